The first kappa shape index (κ1) is 16.2. The predicted molar refractivity (Wildman–Crippen MR) is 81.8 cm³/mol. The van der Waals surface area contributed by atoms with Crippen LogP contribution in [-0.4, -0.2) is 11.1 Å². The van der Waals surface area contributed by atoms with E-state index in [1.165, 1.54) is 6.07 Å². The van der Waals surface area contributed by atoms with E-state index < -0.39 is 11.8 Å². The molecule has 0 unspecified atom stereocenters. The monoisotopic (exact) mass is 301 g/mol. The summed E-state index contributed by atoms with van der Waals surface area (Å²) in [6.07, 6.45) is 8.91. The third-order valence-electron chi connectivity index (χ3n) is 4.29. The summed E-state index contributed by atoms with van der Waals surface area (Å²) in [4.78, 5) is 10.4. The fraction of sp³-hybridized carbons (Fsp3) is 0.444. The van der Waals surface area contributed by atoms with Crippen molar-refractivity contribution < 1.29 is 14.3 Å². The molecule has 0 saturated heterocycles. The van der Waals surface area contributed by atoms with Crippen LogP contribution in [0.3, 0.4) is 0 Å². The number of allylic oxidation sites excluding steroid dienone is 2. The van der Waals surface area contributed by atoms with Crippen LogP contribution >= 0.6 is 0 Å². The average molecular weight is 301 g/mol. The second-order valence-corrected chi connectivity index (χ2v) is 5.82. The molecular formula is C18H20FNO2. The Morgan fingerprint density at radius 2 is 2.09 bits per heavy atom. The molecule has 1 N–H and O–H groups in total. The Morgan fingerprint density at radius 3 is 2.68 bits per heavy atom. The fourth-order valence-corrected chi connectivity index (χ4v) is 3.02. The largest absolute Gasteiger partial charge is 0.481 e. The molecule has 0 aromatic heterocycles. The Morgan fingerprint density at radius 1 is 1.36 bits per heavy atom. The van der Waals surface area contributed by atoms with E-state index in [1.807, 2.05) is 18.2 Å². The van der Waals surface area contributed by atoms with Crippen molar-refractivity contribution in [3.8, 4) is 6.07 Å². The maximum Gasteiger partial charge on any atom is 0.303 e. The molecule has 1 aromatic rings. The van der Waals surface area contributed by atoms with Gasteiger partial charge in [-0.05, 0) is 61.6 Å². The average Bonchev–Trinajstić information content (AvgIpc) is 2.52. The van der Waals surface area contributed by atoms with Crippen LogP contribution < -0.4 is 0 Å². The van der Waals surface area contributed by atoms with Gasteiger partial charge in [0.25, 0.3) is 0 Å². The highest BCUT2D eigenvalue weighted by atomic mass is 19.1. The molecule has 1 saturated carbocycles. The number of hydrogen-bond acceptors (Lipinski definition) is 2. The second kappa shape index (κ2) is 7.74. The summed E-state index contributed by atoms with van der Waals surface area (Å²) in [7, 11) is 0. The van der Waals surface area contributed by atoms with Gasteiger partial charge in [-0.15, -0.1) is 0 Å². The molecule has 4 heteroatoms. The van der Waals surface area contributed by atoms with Gasteiger partial charge in [0.05, 0.1) is 5.56 Å². The molecule has 0 spiro atoms. The molecule has 0 aliphatic heterocycles. The van der Waals surface area contributed by atoms with Gasteiger partial charge in [0.1, 0.15) is 11.9 Å². The molecule has 0 heterocycles. The summed E-state index contributed by atoms with van der Waals surface area (Å²) in [5.41, 5.74) is 1.07. The Bertz CT molecular complexity index is 596. The molecular weight excluding hydrogens is 281 g/mol. The van der Waals surface area contributed by atoms with E-state index in [2.05, 4.69) is 6.08 Å². The van der Waals surface area contributed by atoms with Crippen molar-refractivity contribution >= 4 is 5.97 Å². The van der Waals surface area contributed by atoms with Crippen LogP contribution in [0.2, 0.25) is 0 Å². The normalized spacial score (nSPS) is 21.6. The van der Waals surface area contributed by atoms with E-state index in [1.54, 1.807) is 6.07 Å². The summed E-state index contributed by atoms with van der Waals surface area (Å²) in [5.74, 6) is -0.355. The van der Waals surface area contributed by atoms with E-state index in [0.29, 0.717) is 18.3 Å². The first-order chi connectivity index (χ1) is 10.6. The van der Waals surface area contributed by atoms with E-state index in [4.69, 9.17) is 10.4 Å². The number of aliphatic carboxylic acids is 1. The quantitative estimate of drug-likeness (QED) is 0.820. The summed E-state index contributed by atoms with van der Waals surface area (Å²) >= 11 is 0. The number of carboxylic acids is 1. The lowest BCUT2D eigenvalue weighted by Gasteiger charge is -2.27. The fourth-order valence-electron chi connectivity index (χ4n) is 3.02. The molecule has 0 amide bonds. The van der Waals surface area contributed by atoms with Gasteiger partial charge in [-0.25, -0.2) is 4.39 Å². The second-order valence-electron chi connectivity index (χ2n) is 5.82. The molecule has 1 aromatic carbocycles. The number of nitrogens with zero attached hydrogens (tertiary/aromatic N) is 1. The molecule has 0 bridgehead atoms. The molecule has 1 aliphatic rings. The van der Waals surface area contributed by atoms with Crippen LogP contribution in [0.15, 0.2) is 30.4 Å². The Hall–Kier alpha value is -2.15. The lowest BCUT2D eigenvalue weighted by molar-refractivity contribution is -0.136. The first-order valence-electron chi connectivity index (χ1n) is 7.68. The number of rotatable bonds is 5. The van der Waals surface area contributed by atoms with Gasteiger partial charge in [0, 0.05) is 6.42 Å². The van der Waals surface area contributed by atoms with Crippen molar-refractivity contribution in [2.45, 2.75) is 44.4 Å². The molecule has 22 heavy (non-hydrogen) atoms. The van der Waals surface area contributed by atoms with E-state index >= 15 is 0 Å². The third-order valence-corrected chi connectivity index (χ3v) is 4.29. The van der Waals surface area contributed by atoms with E-state index in [9.17, 15) is 9.18 Å². The SMILES string of the molecule is N#Cc1ccc(C2CCC(C=CCCC(=O)O)CC2)cc1F. The Balaban J connectivity index is 1.86. The van der Waals surface area contributed by atoms with Crippen LogP contribution in [0, 0.1) is 23.1 Å². The van der Waals surface area contributed by atoms with Crippen molar-refractivity contribution in [3.05, 3.63) is 47.3 Å². The summed E-state index contributed by atoms with van der Waals surface area (Å²) in [5, 5.41) is 17.3. The maximum atomic E-state index is 13.7. The van der Waals surface area contributed by atoms with Gasteiger partial charge in [0.15, 0.2) is 0 Å². The van der Waals surface area contributed by atoms with Crippen molar-refractivity contribution in [2.24, 2.45) is 5.92 Å². The van der Waals surface area contributed by atoms with Crippen LogP contribution in [-0.2, 0) is 4.79 Å². The number of nitriles is 1. The van der Waals surface area contributed by atoms with Crippen molar-refractivity contribution in [1.29, 1.82) is 5.26 Å². The summed E-state index contributed by atoms with van der Waals surface area (Å²) in [6, 6.07) is 6.75. The minimum Gasteiger partial charge on any atom is -0.481 e. The topological polar surface area (TPSA) is 61.1 Å². The highest BCUT2D eigenvalue weighted by Crippen LogP contribution is 2.36. The Kier molecular flexibility index (Phi) is 5.71. The minimum absolute atomic E-state index is 0.0961. The third kappa shape index (κ3) is 4.42. The standard InChI is InChI=1S/C18H20FNO2/c19-17-11-15(9-10-16(17)12-20)14-7-5-13(6-8-14)3-1-2-4-18(21)22/h1,3,9-11,13-14H,2,4-8H2,(H,21,22). The van der Waals surface area contributed by atoms with Crippen LogP contribution in [0.25, 0.3) is 0 Å². The summed E-state index contributed by atoms with van der Waals surface area (Å²) < 4.78 is 13.7. The number of carboxylic acid groups (broad SMARTS) is 1. The van der Waals surface area contributed by atoms with Gasteiger partial charge in [-0.2, -0.15) is 5.26 Å². The number of hydrogen-bond donors (Lipinski definition) is 1. The number of halogens is 1. The predicted octanol–water partition coefficient (Wildman–Crippen LogP) is 4.39. The Labute approximate surface area is 130 Å². The molecule has 2 rings (SSSR count). The van der Waals surface area contributed by atoms with Crippen LogP contribution in [0.1, 0.15) is 55.6 Å². The highest BCUT2D eigenvalue weighted by molar-refractivity contribution is 5.66. The van der Waals surface area contributed by atoms with Crippen molar-refractivity contribution in [3.63, 3.8) is 0 Å². The van der Waals surface area contributed by atoms with Crippen LogP contribution in [0.4, 0.5) is 4.39 Å². The molecule has 116 valence electrons. The maximum absolute atomic E-state index is 13.7. The summed E-state index contributed by atoms with van der Waals surface area (Å²) in [6.45, 7) is 0. The number of benzene rings is 1. The van der Waals surface area contributed by atoms with Gasteiger partial charge in [0.2, 0.25) is 0 Å². The minimum atomic E-state index is -0.767. The molecule has 0 atom stereocenters. The first-order valence-corrected chi connectivity index (χ1v) is 7.68. The van der Waals surface area contributed by atoms with Gasteiger partial charge >= 0.3 is 5.97 Å². The lowest BCUT2D eigenvalue weighted by atomic mass is 9.78. The van der Waals surface area contributed by atoms with Crippen molar-refractivity contribution in [2.75, 3.05) is 0 Å². The number of carbonyl (C=O) groups is 1. The molecule has 0 radical (unpaired) electrons. The zero-order chi connectivity index (χ0) is 15.9. The lowest BCUT2D eigenvalue weighted by Crippen LogP contribution is -2.12. The van der Waals surface area contributed by atoms with Gasteiger partial charge < -0.3 is 5.11 Å². The van der Waals surface area contributed by atoms with E-state index in [0.717, 1.165) is 31.2 Å². The van der Waals surface area contributed by atoms with Crippen molar-refractivity contribution in [1.82, 2.24) is 0 Å². The van der Waals surface area contributed by atoms with Crippen LogP contribution in [0.5, 0.6) is 0 Å². The zero-order valence-electron chi connectivity index (χ0n) is 12.5. The zero-order valence-corrected chi connectivity index (χ0v) is 12.5. The van der Waals surface area contributed by atoms with Gasteiger partial charge in [-0.3, -0.25) is 4.79 Å². The molecule has 1 aliphatic carbocycles. The van der Waals surface area contributed by atoms with Gasteiger partial charge in [-0.1, -0.05) is 18.2 Å². The molecule has 3 nitrogen and oxygen atoms in total. The highest BCUT2D eigenvalue weighted by Gasteiger charge is 2.21. The molecule has 1 fully saturated rings. The smallest absolute Gasteiger partial charge is 0.303 e. The van der Waals surface area contributed by atoms with E-state index in [-0.39, 0.29) is 12.0 Å².